The molecule has 1 rings (SSSR count). The summed E-state index contributed by atoms with van der Waals surface area (Å²) in [5.41, 5.74) is 0.366. The van der Waals surface area contributed by atoms with Gasteiger partial charge in [-0.25, -0.2) is 0 Å². The zero-order chi connectivity index (χ0) is 25.1. The number of hydrogen-bond acceptors (Lipinski definition) is 2. The highest BCUT2D eigenvalue weighted by molar-refractivity contribution is 7.99. The van der Waals surface area contributed by atoms with Crippen molar-refractivity contribution in [2.24, 2.45) is 17.3 Å². The summed E-state index contributed by atoms with van der Waals surface area (Å²) in [7, 11) is 0. The van der Waals surface area contributed by atoms with E-state index in [2.05, 4.69) is 58.5 Å². The van der Waals surface area contributed by atoms with Crippen LogP contribution < -0.4 is 0 Å². The Bertz CT molecular complexity index is 523. The molecule has 0 aromatic carbocycles. The summed E-state index contributed by atoms with van der Waals surface area (Å²) in [5.74, 6) is 2.85. The van der Waals surface area contributed by atoms with E-state index in [0.717, 1.165) is 19.3 Å². The van der Waals surface area contributed by atoms with Crippen molar-refractivity contribution in [3.05, 3.63) is 12.2 Å². The Morgan fingerprint density at radius 2 is 1.59 bits per heavy atom. The molecule has 0 bridgehead atoms. The molecule has 0 saturated heterocycles. The second kappa shape index (κ2) is 19.9. The van der Waals surface area contributed by atoms with Gasteiger partial charge in [-0.2, -0.15) is 11.8 Å². The molecule has 0 fully saturated rings. The molecule has 200 valence electrons. The van der Waals surface area contributed by atoms with Crippen molar-refractivity contribution in [1.29, 1.82) is 0 Å². The number of thioether (sulfide) groups is 1. The van der Waals surface area contributed by atoms with Crippen molar-refractivity contribution in [1.82, 2.24) is 0 Å². The van der Waals surface area contributed by atoms with Crippen LogP contribution in [-0.4, -0.2) is 16.8 Å². The molecule has 0 amide bonds. The van der Waals surface area contributed by atoms with Gasteiger partial charge in [0, 0.05) is 18.1 Å². The Labute approximate surface area is 219 Å². The first kappa shape index (κ1) is 31.8. The van der Waals surface area contributed by atoms with Gasteiger partial charge in [0.15, 0.2) is 0 Å². The molecule has 0 aromatic heterocycles. The molecular formula is C32H60OS. The largest absolute Gasteiger partial charge is 0.300 e. The summed E-state index contributed by atoms with van der Waals surface area (Å²) in [4.78, 5) is 12.8. The predicted octanol–water partition coefficient (Wildman–Crippen LogP) is 11.0. The van der Waals surface area contributed by atoms with E-state index in [1.54, 1.807) is 0 Å². The Morgan fingerprint density at radius 3 is 2.24 bits per heavy atom. The summed E-state index contributed by atoms with van der Waals surface area (Å²) in [6.45, 7) is 11.8. The molecule has 0 spiro atoms. The van der Waals surface area contributed by atoms with Gasteiger partial charge in [0.25, 0.3) is 0 Å². The molecule has 1 aliphatic rings. The first-order valence-electron chi connectivity index (χ1n) is 15.1. The zero-order valence-corrected chi connectivity index (χ0v) is 24.7. The summed E-state index contributed by atoms with van der Waals surface area (Å²) in [6.07, 6.45) is 29.2. The Kier molecular flexibility index (Phi) is 18.6. The molecule has 0 aliphatic heterocycles. The summed E-state index contributed by atoms with van der Waals surface area (Å²) >= 11 is 2.13. The predicted molar refractivity (Wildman–Crippen MR) is 156 cm³/mol. The van der Waals surface area contributed by atoms with Crippen molar-refractivity contribution >= 4 is 17.5 Å². The lowest BCUT2D eigenvalue weighted by Crippen LogP contribution is -2.23. The maximum Gasteiger partial charge on any atom is 0.133 e. The van der Waals surface area contributed by atoms with E-state index < -0.39 is 0 Å². The van der Waals surface area contributed by atoms with Gasteiger partial charge in [-0.3, -0.25) is 4.79 Å². The first-order chi connectivity index (χ1) is 16.3. The molecule has 0 radical (unpaired) electrons. The van der Waals surface area contributed by atoms with Crippen LogP contribution in [0.25, 0.3) is 0 Å². The van der Waals surface area contributed by atoms with Crippen LogP contribution in [0.1, 0.15) is 157 Å². The normalized spacial score (nSPS) is 22.5. The smallest absolute Gasteiger partial charge is 0.133 e. The van der Waals surface area contributed by atoms with Crippen LogP contribution in [0.2, 0.25) is 0 Å². The van der Waals surface area contributed by atoms with Crippen LogP contribution in [0.3, 0.4) is 0 Å². The zero-order valence-electron chi connectivity index (χ0n) is 23.8. The third kappa shape index (κ3) is 17.2. The number of allylic oxidation sites excluding steroid dienone is 2. The lowest BCUT2D eigenvalue weighted by atomic mass is 9.74. The quantitative estimate of drug-likeness (QED) is 0.132. The van der Waals surface area contributed by atoms with E-state index in [1.807, 2.05) is 0 Å². The van der Waals surface area contributed by atoms with Crippen LogP contribution in [0.15, 0.2) is 12.2 Å². The average molecular weight is 493 g/mol. The average Bonchev–Trinajstić information content (AvgIpc) is 2.84. The number of carbonyl (C=O) groups excluding carboxylic acids is 1. The Balaban J connectivity index is 2.06. The van der Waals surface area contributed by atoms with E-state index in [9.17, 15) is 4.79 Å². The second-order valence-electron chi connectivity index (χ2n) is 12.2. The summed E-state index contributed by atoms with van der Waals surface area (Å²) in [6, 6.07) is 0. The van der Waals surface area contributed by atoms with Crippen LogP contribution in [0, 0.1) is 17.3 Å². The van der Waals surface area contributed by atoms with Crippen LogP contribution in [0.4, 0.5) is 0 Å². The standard InChI is InChI=1S/C32H60OS/c1-6-7-8-9-10-11-12-13-14-15-19-25-34-29(3)22-20-23-31(33)26-30-27-32(4,5)24-18-16-17-21-28(30)2/h17,21,28-30H,6-16,18-20,22-27H2,1-5H3/b21-17-/t28-,29?,30?/m1/s1. The van der Waals surface area contributed by atoms with Crippen molar-refractivity contribution in [3.63, 3.8) is 0 Å². The SMILES string of the molecule is CCCCCCCCCCCCCSC(C)CCCC(=O)CC1CC(C)(C)CCC/C=C\[C@H]1C. The summed E-state index contributed by atoms with van der Waals surface area (Å²) < 4.78 is 0. The molecular weight excluding hydrogens is 432 g/mol. The Hall–Kier alpha value is -0.240. The maximum atomic E-state index is 12.8. The number of ketones is 1. The van der Waals surface area contributed by atoms with E-state index >= 15 is 0 Å². The van der Waals surface area contributed by atoms with Gasteiger partial charge in [-0.05, 0) is 67.9 Å². The van der Waals surface area contributed by atoms with Crippen LogP contribution in [-0.2, 0) is 4.79 Å². The van der Waals surface area contributed by atoms with Gasteiger partial charge in [-0.1, -0.05) is 111 Å². The first-order valence-corrected chi connectivity index (χ1v) is 16.2. The van der Waals surface area contributed by atoms with E-state index in [1.165, 1.54) is 108 Å². The minimum atomic E-state index is 0.366. The van der Waals surface area contributed by atoms with Crippen molar-refractivity contribution < 1.29 is 4.79 Å². The molecule has 0 saturated carbocycles. The Morgan fingerprint density at radius 1 is 0.971 bits per heavy atom. The van der Waals surface area contributed by atoms with Gasteiger partial charge in [0.2, 0.25) is 0 Å². The van der Waals surface area contributed by atoms with Gasteiger partial charge >= 0.3 is 0 Å². The lowest BCUT2D eigenvalue weighted by Gasteiger charge is -2.31. The molecule has 1 aliphatic carbocycles. The minimum absolute atomic E-state index is 0.366. The fraction of sp³-hybridized carbons (Fsp3) is 0.906. The van der Waals surface area contributed by atoms with Gasteiger partial charge in [0.05, 0.1) is 0 Å². The summed E-state index contributed by atoms with van der Waals surface area (Å²) in [5, 5.41) is 0.696. The lowest BCUT2D eigenvalue weighted by molar-refractivity contribution is -0.120. The fourth-order valence-corrected chi connectivity index (χ4v) is 6.64. The highest BCUT2D eigenvalue weighted by Gasteiger charge is 2.28. The molecule has 0 N–H and O–H groups in total. The monoisotopic (exact) mass is 492 g/mol. The van der Waals surface area contributed by atoms with Crippen molar-refractivity contribution in [3.8, 4) is 0 Å². The number of hydrogen-bond donors (Lipinski definition) is 0. The molecule has 34 heavy (non-hydrogen) atoms. The molecule has 1 nitrogen and oxygen atoms in total. The van der Waals surface area contributed by atoms with Gasteiger partial charge < -0.3 is 0 Å². The minimum Gasteiger partial charge on any atom is -0.300 e. The van der Waals surface area contributed by atoms with Crippen LogP contribution >= 0.6 is 11.8 Å². The number of Topliss-reactive ketones (excluding diaryl/α,β-unsaturated/α-hetero) is 1. The third-order valence-electron chi connectivity index (χ3n) is 7.93. The highest BCUT2D eigenvalue weighted by atomic mass is 32.2. The topological polar surface area (TPSA) is 17.1 Å². The molecule has 3 atom stereocenters. The molecule has 2 unspecified atom stereocenters. The van der Waals surface area contributed by atoms with E-state index in [0.29, 0.717) is 28.3 Å². The highest BCUT2D eigenvalue weighted by Crippen LogP contribution is 2.37. The van der Waals surface area contributed by atoms with Crippen molar-refractivity contribution in [2.75, 3.05) is 5.75 Å². The molecule has 0 heterocycles. The number of rotatable bonds is 19. The maximum absolute atomic E-state index is 12.8. The third-order valence-corrected chi connectivity index (χ3v) is 9.26. The second-order valence-corrected chi connectivity index (χ2v) is 13.7. The van der Waals surface area contributed by atoms with Gasteiger partial charge in [-0.15, -0.1) is 0 Å². The van der Waals surface area contributed by atoms with E-state index in [4.69, 9.17) is 0 Å². The fourth-order valence-electron chi connectivity index (χ4n) is 5.54. The van der Waals surface area contributed by atoms with Gasteiger partial charge in [0.1, 0.15) is 5.78 Å². The molecule has 2 heteroatoms. The van der Waals surface area contributed by atoms with E-state index in [-0.39, 0.29) is 0 Å². The van der Waals surface area contributed by atoms with Crippen molar-refractivity contribution in [2.45, 2.75) is 162 Å². The number of unbranched alkanes of at least 4 members (excludes halogenated alkanes) is 10. The van der Waals surface area contributed by atoms with Crippen LogP contribution in [0.5, 0.6) is 0 Å². The molecule has 0 aromatic rings. The number of carbonyl (C=O) groups is 1.